The number of halogens is 1. The Morgan fingerprint density at radius 1 is 1.06 bits per heavy atom. The number of nitrogens with one attached hydrogen (secondary N) is 4. The largest absolute Gasteiger partial charge is 0.453 e. The van der Waals surface area contributed by atoms with Crippen LogP contribution in [-0.4, -0.2) is 75.5 Å². The molecule has 4 aromatic rings. The Labute approximate surface area is 281 Å². The van der Waals surface area contributed by atoms with E-state index >= 15 is 0 Å². The van der Waals surface area contributed by atoms with Crippen molar-refractivity contribution in [1.29, 1.82) is 0 Å². The predicted molar refractivity (Wildman–Crippen MR) is 178 cm³/mol. The Morgan fingerprint density at radius 3 is 2.69 bits per heavy atom. The van der Waals surface area contributed by atoms with E-state index in [1.807, 2.05) is 18.2 Å². The quantitative estimate of drug-likeness (QED) is 0.207. The molecule has 6 rings (SSSR count). The second-order valence-electron chi connectivity index (χ2n) is 11.4. The summed E-state index contributed by atoms with van der Waals surface area (Å²) in [6.45, 7) is 0.961. The number of fused-ring (bicyclic) bond motifs is 4. The summed E-state index contributed by atoms with van der Waals surface area (Å²) in [5.41, 5.74) is 4.77. The zero-order valence-corrected chi connectivity index (χ0v) is 26.8. The van der Waals surface area contributed by atoms with Gasteiger partial charge in [-0.25, -0.2) is 4.79 Å². The van der Waals surface area contributed by atoms with Gasteiger partial charge in [-0.2, -0.15) is 4.68 Å². The van der Waals surface area contributed by atoms with E-state index in [1.54, 1.807) is 42.6 Å². The summed E-state index contributed by atoms with van der Waals surface area (Å²) in [7, 11) is 1.29. The first-order valence-corrected chi connectivity index (χ1v) is 15.9. The molecule has 2 aromatic heterocycles. The molecule has 1 saturated heterocycles. The monoisotopic (exact) mass is 671 g/mol. The van der Waals surface area contributed by atoms with Gasteiger partial charge in [-0.3, -0.25) is 19.9 Å². The van der Waals surface area contributed by atoms with Gasteiger partial charge in [0.05, 0.1) is 43.8 Å². The van der Waals surface area contributed by atoms with E-state index in [0.717, 1.165) is 11.1 Å². The molecule has 4 N–H and O–H groups in total. The molecule has 2 bridgehead atoms. The molecule has 248 valence electrons. The first kappa shape index (κ1) is 32.6. The number of pyridine rings is 1. The van der Waals surface area contributed by atoms with Gasteiger partial charge < -0.3 is 25.4 Å². The van der Waals surface area contributed by atoms with Gasteiger partial charge in [0.2, 0.25) is 11.8 Å². The summed E-state index contributed by atoms with van der Waals surface area (Å²) in [4.78, 5) is 43.4. The molecule has 2 aliphatic heterocycles. The SMILES string of the molecule is COC(=O)Nc1ccc2c(c1)N[C@@H](C(=O)NC1COC1)CCCC[C@H](NC(=O)/C=C/c1cc(Cl)ccc1-n1cnnn1)c1cc-2ccn1. The number of carbonyl (C=O) groups excluding carboxylic acids is 3. The summed E-state index contributed by atoms with van der Waals surface area (Å²) >= 11 is 6.25. The van der Waals surface area contributed by atoms with E-state index in [4.69, 9.17) is 21.1 Å². The highest BCUT2D eigenvalue weighted by molar-refractivity contribution is 6.30. The number of hydrogen-bond donors (Lipinski definition) is 4. The maximum atomic E-state index is 13.4. The smallest absolute Gasteiger partial charge is 0.411 e. The van der Waals surface area contributed by atoms with Gasteiger partial charge in [-0.1, -0.05) is 30.5 Å². The number of tetrazole rings is 1. The third kappa shape index (κ3) is 7.96. The van der Waals surface area contributed by atoms with E-state index in [1.165, 1.54) is 24.2 Å². The van der Waals surface area contributed by atoms with Gasteiger partial charge in [-0.05, 0) is 77.4 Å². The second-order valence-corrected chi connectivity index (χ2v) is 11.9. The highest BCUT2D eigenvalue weighted by Crippen LogP contribution is 2.34. The third-order valence-corrected chi connectivity index (χ3v) is 8.32. The number of amides is 3. The minimum atomic E-state index is -0.608. The standard InChI is InChI=1S/C33H34ClN9O5/c1-47-33(46)38-23-8-9-25-20-12-13-35-29(15-20)26(4-2-3-5-27(39-28(25)16-23)32(45)37-24-17-48-18-24)40-31(44)11-6-21-14-22(34)7-10-30(21)43-19-36-41-42-43/h6-16,19,24,26-27,39H,2-5,17-18H2,1H3,(H,37,45)(H,38,46)(H,40,44)/b11-6+/t26-,27+/m0/s1. The van der Waals surface area contributed by atoms with E-state index in [9.17, 15) is 14.4 Å². The minimum absolute atomic E-state index is 0.0289. The van der Waals surface area contributed by atoms with Crippen LogP contribution in [0.5, 0.6) is 0 Å². The summed E-state index contributed by atoms with van der Waals surface area (Å²) in [5, 5.41) is 24.1. The molecule has 3 amide bonds. The number of methoxy groups -OCH3 is 1. The van der Waals surface area contributed by atoms with E-state index in [-0.39, 0.29) is 17.9 Å². The Balaban J connectivity index is 1.28. The highest BCUT2D eigenvalue weighted by atomic mass is 35.5. The molecular formula is C33H34ClN9O5. The van der Waals surface area contributed by atoms with Crippen molar-refractivity contribution in [1.82, 2.24) is 35.8 Å². The number of hydrogen-bond acceptors (Lipinski definition) is 10. The zero-order chi connectivity index (χ0) is 33.5. The van der Waals surface area contributed by atoms with Crippen LogP contribution in [0.2, 0.25) is 5.02 Å². The molecule has 0 spiro atoms. The van der Waals surface area contributed by atoms with Crippen molar-refractivity contribution in [2.45, 2.75) is 43.8 Å². The fraction of sp³-hybridized carbons (Fsp3) is 0.303. The number of carbonyl (C=O) groups is 3. The summed E-state index contributed by atoms with van der Waals surface area (Å²) in [6.07, 6.45) is 8.20. The van der Waals surface area contributed by atoms with Gasteiger partial charge in [0, 0.05) is 39.8 Å². The van der Waals surface area contributed by atoms with Crippen LogP contribution in [0.3, 0.4) is 0 Å². The highest BCUT2D eigenvalue weighted by Gasteiger charge is 2.27. The van der Waals surface area contributed by atoms with Gasteiger partial charge in [0.15, 0.2) is 0 Å². The summed E-state index contributed by atoms with van der Waals surface area (Å²) in [6, 6.07) is 13.4. The van der Waals surface area contributed by atoms with Crippen molar-refractivity contribution in [3.8, 4) is 16.8 Å². The number of benzene rings is 2. The molecule has 2 atom stereocenters. The maximum Gasteiger partial charge on any atom is 0.411 e. The molecule has 0 aliphatic carbocycles. The molecule has 2 aromatic carbocycles. The van der Waals surface area contributed by atoms with Crippen molar-refractivity contribution in [2.24, 2.45) is 0 Å². The molecule has 0 saturated carbocycles. The fourth-order valence-corrected chi connectivity index (χ4v) is 5.74. The third-order valence-electron chi connectivity index (χ3n) is 8.08. The summed E-state index contributed by atoms with van der Waals surface area (Å²) < 4.78 is 11.5. The van der Waals surface area contributed by atoms with Crippen molar-refractivity contribution < 1.29 is 23.9 Å². The lowest BCUT2D eigenvalue weighted by Gasteiger charge is -2.30. The van der Waals surface area contributed by atoms with Crippen molar-refractivity contribution in [3.63, 3.8) is 0 Å². The van der Waals surface area contributed by atoms with Crippen LogP contribution in [0.4, 0.5) is 16.2 Å². The van der Waals surface area contributed by atoms with Gasteiger partial charge in [-0.15, -0.1) is 5.10 Å². The fourth-order valence-electron chi connectivity index (χ4n) is 5.56. The van der Waals surface area contributed by atoms with Crippen LogP contribution >= 0.6 is 11.6 Å². The van der Waals surface area contributed by atoms with Gasteiger partial charge in [0.1, 0.15) is 12.4 Å². The number of ether oxygens (including phenoxy) is 2. The van der Waals surface area contributed by atoms with Crippen molar-refractivity contribution >= 4 is 47.0 Å². The van der Waals surface area contributed by atoms with Crippen molar-refractivity contribution in [3.05, 3.63) is 83.4 Å². The van der Waals surface area contributed by atoms with Crippen LogP contribution in [-0.2, 0) is 19.1 Å². The molecule has 0 unspecified atom stereocenters. The van der Waals surface area contributed by atoms with Crippen LogP contribution in [0, 0.1) is 0 Å². The average Bonchev–Trinajstić information content (AvgIpc) is 3.61. The number of aromatic nitrogens is 5. The lowest BCUT2D eigenvalue weighted by molar-refractivity contribution is -0.126. The minimum Gasteiger partial charge on any atom is -0.453 e. The molecular weight excluding hydrogens is 638 g/mol. The van der Waals surface area contributed by atoms with Crippen LogP contribution in [0.15, 0.2) is 67.1 Å². The molecule has 0 radical (unpaired) electrons. The lowest BCUT2D eigenvalue weighted by Crippen LogP contribution is -2.53. The topological polar surface area (TPSA) is 174 Å². The Bertz CT molecular complexity index is 1810. The molecule has 2 aliphatic rings. The van der Waals surface area contributed by atoms with E-state index < -0.39 is 18.2 Å². The number of nitrogens with zero attached hydrogens (tertiary/aromatic N) is 5. The van der Waals surface area contributed by atoms with Crippen LogP contribution < -0.4 is 21.3 Å². The zero-order valence-electron chi connectivity index (χ0n) is 26.1. The Hall–Kier alpha value is -5.34. The average molecular weight is 672 g/mol. The van der Waals surface area contributed by atoms with Gasteiger partial charge >= 0.3 is 6.09 Å². The lowest BCUT2D eigenvalue weighted by atomic mass is 9.96. The van der Waals surface area contributed by atoms with Crippen LogP contribution in [0.1, 0.15) is 43.0 Å². The normalized spacial score (nSPS) is 17.9. The molecule has 4 heterocycles. The van der Waals surface area contributed by atoms with Crippen LogP contribution in [0.25, 0.3) is 22.9 Å². The van der Waals surface area contributed by atoms with E-state index in [2.05, 4.69) is 41.8 Å². The van der Waals surface area contributed by atoms with E-state index in [0.29, 0.717) is 72.2 Å². The molecule has 14 nitrogen and oxygen atoms in total. The Morgan fingerprint density at radius 2 is 1.92 bits per heavy atom. The Kier molecular flexibility index (Phi) is 10.2. The molecule has 48 heavy (non-hydrogen) atoms. The maximum absolute atomic E-state index is 13.4. The van der Waals surface area contributed by atoms with Crippen molar-refractivity contribution in [2.75, 3.05) is 31.0 Å². The molecule has 1 fully saturated rings. The first-order valence-electron chi connectivity index (χ1n) is 15.5. The molecule has 15 heteroatoms. The first-order chi connectivity index (χ1) is 23.4. The number of anilines is 2. The second kappa shape index (κ2) is 15.0. The van der Waals surface area contributed by atoms with Gasteiger partial charge in [0.25, 0.3) is 0 Å². The summed E-state index contributed by atoms with van der Waals surface area (Å²) in [5.74, 6) is -0.451. The predicted octanol–water partition coefficient (Wildman–Crippen LogP) is 4.30. The number of rotatable bonds is 7.